The minimum atomic E-state index is -0.585. The summed E-state index contributed by atoms with van der Waals surface area (Å²) in [6.07, 6.45) is 5.21. The topological polar surface area (TPSA) is 68.1 Å². The molecule has 0 amide bonds. The van der Waals surface area contributed by atoms with Crippen molar-refractivity contribution in [1.29, 1.82) is 0 Å². The van der Waals surface area contributed by atoms with Gasteiger partial charge in [-0.1, -0.05) is 12.8 Å². The summed E-state index contributed by atoms with van der Waals surface area (Å²) in [6, 6.07) is 3.36. The molecule has 1 aromatic carbocycles. The van der Waals surface area contributed by atoms with E-state index in [1.165, 1.54) is 14.2 Å². The van der Waals surface area contributed by atoms with Crippen LogP contribution in [-0.2, 0) is 10.3 Å². The molecule has 0 bridgehead atoms. The first-order valence-corrected chi connectivity index (χ1v) is 6.21. The molecule has 5 nitrogen and oxygen atoms in total. The minimum absolute atomic E-state index is 0.00998. The van der Waals surface area contributed by atoms with Crippen LogP contribution in [0.3, 0.4) is 0 Å². The number of benzene rings is 1. The van der Waals surface area contributed by atoms with Gasteiger partial charge in [0.1, 0.15) is 0 Å². The molecular formula is C14H17NO4. The molecule has 102 valence electrons. The van der Waals surface area contributed by atoms with Gasteiger partial charge in [-0.15, -0.1) is 0 Å². The molecular weight excluding hydrogens is 246 g/mol. The van der Waals surface area contributed by atoms with Crippen molar-refractivity contribution in [3.05, 3.63) is 17.7 Å². The van der Waals surface area contributed by atoms with Crippen LogP contribution in [0.4, 0.5) is 0 Å². The Labute approximate surface area is 111 Å². The highest BCUT2D eigenvalue weighted by molar-refractivity contribution is 5.55. The Morgan fingerprint density at radius 3 is 2.47 bits per heavy atom. The Morgan fingerprint density at radius 1 is 1.26 bits per heavy atom. The van der Waals surface area contributed by atoms with Crippen LogP contribution in [0.25, 0.3) is 0 Å². The molecule has 0 spiro atoms. The third-order valence-electron chi connectivity index (χ3n) is 3.69. The van der Waals surface area contributed by atoms with E-state index < -0.39 is 5.54 Å². The summed E-state index contributed by atoms with van der Waals surface area (Å²) in [6.45, 7) is 0. The Morgan fingerprint density at radius 2 is 1.95 bits per heavy atom. The molecule has 1 saturated carbocycles. The zero-order chi connectivity index (χ0) is 13.9. The van der Waals surface area contributed by atoms with E-state index in [9.17, 15) is 9.90 Å². The van der Waals surface area contributed by atoms with Gasteiger partial charge in [-0.25, -0.2) is 4.79 Å². The van der Waals surface area contributed by atoms with Gasteiger partial charge < -0.3 is 14.6 Å². The second-order valence-corrected chi connectivity index (χ2v) is 4.67. The van der Waals surface area contributed by atoms with E-state index in [1.807, 2.05) is 0 Å². The number of methoxy groups -OCH3 is 2. The summed E-state index contributed by atoms with van der Waals surface area (Å²) in [5, 5.41) is 10.0. The van der Waals surface area contributed by atoms with E-state index in [4.69, 9.17) is 9.47 Å². The van der Waals surface area contributed by atoms with Crippen LogP contribution in [-0.4, -0.2) is 25.4 Å². The number of hydrogen-bond donors (Lipinski definition) is 1. The zero-order valence-corrected chi connectivity index (χ0v) is 11.1. The second-order valence-electron chi connectivity index (χ2n) is 4.67. The first-order valence-electron chi connectivity index (χ1n) is 6.21. The SMILES string of the molecule is COc1cc(C2(N=C=O)CCCC2)cc(O)c1OC. The van der Waals surface area contributed by atoms with E-state index in [-0.39, 0.29) is 11.5 Å². The first-order chi connectivity index (χ1) is 9.16. The number of carbonyl (C=O) groups excluding carboxylic acids is 1. The maximum absolute atomic E-state index is 10.7. The molecule has 0 heterocycles. The molecule has 1 aliphatic carbocycles. The van der Waals surface area contributed by atoms with Gasteiger partial charge in [0.15, 0.2) is 11.5 Å². The van der Waals surface area contributed by atoms with Crippen molar-refractivity contribution in [2.24, 2.45) is 4.99 Å². The largest absolute Gasteiger partial charge is 0.504 e. The van der Waals surface area contributed by atoms with Crippen molar-refractivity contribution in [2.75, 3.05) is 14.2 Å². The molecule has 0 unspecified atom stereocenters. The van der Waals surface area contributed by atoms with Crippen LogP contribution in [0.1, 0.15) is 31.2 Å². The summed E-state index contributed by atoms with van der Waals surface area (Å²) >= 11 is 0. The van der Waals surface area contributed by atoms with Crippen molar-refractivity contribution in [2.45, 2.75) is 31.2 Å². The number of phenols is 1. The maximum Gasteiger partial charge on any atom is 0.235 e. The van der Waals surface area contributed by atoms with E-state index in [2.05, 4.69) is 4.99 Å². The van der Waals surface area contributed by atoms with Crippen LogP contribution < -0.4 is 9.47 Å². The number of ether oxygens (including phenoxy) is 2. The predicted molar refractivity (Wildman–Crippen MR) is 69.5 cm³/mol. The number of aromatic hydroxyl groups is 1. The number of nitrogens with zero attached hydrogens (tertiary/aromatic N) is 1. The monoisotopic (exact) mass is 263 g/mol. The molecule has 0 aliphatic heterocycles. The van der Waals surface area contributed by atoms with Gasteiger partial charge in [0, 0.05) is 0 Å². The molecule has 0 saturated heterocycles. The molecule has 0 atom stereocenters. The quantitative estimate of drug-likeness (QED) is 0.669. The van der Waals surface area contributed by atoms with Crippen molar-refractivity contribution in [3.8, 4) is 17.2 Å². The Hall–Kier alpha value is -2.00. The lowest BCUT2D eigenvalue weighted by molar-refractivity contribution is 0.330. The molecule has 1 fully saturated rings. The predicted octanol–water partition coefficient (Wildman–Crippen LogP) is 2.51. The lowest BCUT2D eigenvalue weighted by atomic mass is 9.88. The fourth-order valence-corrected chi connectivity index (χ4v) is 2.73. The van der Waals surface area contributed by atoms with Crippen molar-refractivity contribution in [3.63, 3.8) is 0 Å². The highest BCUT2D eigenvalue weighted by Gasteiger charge is 2.37. The second kappa shape index (κ2) is 5.33. The Kier molecular flexibility index (Phi) is 3.76. The number of phenolic OH excluding ortho intramolecular Hbond substituents is 1. The summed E-state index contributed by atoms with van der Waals surface area (Å²) in [5.41, 5.74) is 0.183. The molecule has 5 heteroatoms. The number of rotatable bonds is 4. The minimum Gasteiger partial charge on any atom is -0.504 e. The van der Waals surface area contributed by atoms with Gasteiger partial charge in [0.25, 0.3) is 0 Å². The van der Waals surface area contributed by atoms with Gasteiger partial charge in [-0.2, -0.15) is 4.99 Å². The molecule has 1 aromatic rings. The highest BCUT2D eigenvalue weighted by atomic mass is 16.5. The third kappa shape index (κ3) is 2.29. The van der Waals surface area contributed by atoms with E-state index >= 15 is 0 Å². The van der Waals surface area contributed by atoms with Crippen LogP contribution in [0.15, 0.2) is 17.1 Å². The van der Waals surface area contributed by atoms with Crippen LogP contribution in [0.2, 0.25) is 0 Å². The standard InChI is InChI=1S/C14H17NO4/c1-18-12-8-10(7-11(17)13(12)19-2)14(15-9-16)5-3-4-6-14/h7-8,17H,3-6H2,1-2H3. The van der Waals surface area contributed by atoms with Gasteiger partial charge in [-0.3, -0.25) is 0 Å². The van der Waals surface area contributed by atoms with Crippen molar-refractivity contribution in [1.82, 2.24) is 0 Å². The van der Waals surface area contributed by atoms with Gasteiger partial charge in [0.2, 0.25) is 11.8 Å². The van der Waals surface area contributed by atoms with Crippen LogP contribution >= 0.6 is 0 Å². The van der Waals surface area contributed by atoms with Gasteiger partial charge in [-0.05, 0) is 30.5 Å². The lowest BCUT2D eigenvalue weighted by Crippen LogP contribution is -2.19. The third-order valence-corrected chi connectivity index (χ3v) is 3.69. The van der Waals surface area contributed by atoms with Gasteiger partial charge >= 0.3 is 0 Å². The number of hydrogen-bond acceptors (Lipinski definition) is 5. The van der Waals surface area contributed by atoms with Crippen molar-refractivity contribution >= 4 is 6.08 Å². The summed E-state index contributed by atoms with van der Waals surface area (Å²) < 4.78 is 10.3. The smallest absolute Gasteiger partial charge is 0.235 e. The first kappa shape index (κ1) is 13.4. The summed E-state index contributed by atoms with van der Waals surface area (Å²) in [7, 11) is 2.97. The maximum atomic E-state index is 10.7. The molecule has 1 N–H and O–H groups in total. The molecule has 0 radical (unpaired) electrons. The zero-order valence-electron chi connectivity index (χ0n) is 11.1. The van der Waals surface area contributed by atoms with E-state index in [0.717, 1.165) is 31.2 Å². The molecule has 1 aliphatic rings. The van der Waals surface area contributed by atoms with Crippen LogP contribution in [0, 0.1) is 0 Å². The summed E-state index contributed by atoms with van der Waals surface area (Å²) in [4.78, 5) is 14.7. The number of isocyanates is 1. The lowest BCUT2D eigenvalue weighted by Gasteiger charge is -2.24. The highest BCUT2D eigenvalue weighted by Crippen LogP contribution is 2.47. The number of aliphatic imine (C=N–C) groups is 1. The van der Waals surface area contributed by atoms with Crippen molar-refractivity contribution < 1.29 is 19.4 Å². The Balaban J connectivity index is 2.55. The molecule has 19 heavy (non-hydrogen) atoms. The Bertz CT molecular complexity index is 514. The van der Waals surface area contributed by atoms with Crippen LogP contribution in [0.5, 0.6) is 17.2 Å². The van der Waals surface area contributed by atoms with E-state index in [0.29, 0.717) is 5.75 Å². The average Bonchev–Trinajstić information content (AvgIpc) is 2.88. The molecule has 2 rings (SSSR count). The fourth-order valence-electron chi connectivity index (χ4n) is 2.73. The fraction of sp³-hybridized carbons (Fsp3) is 0.500. The average molecular weight is 263 g/mol. The van der Waals surface area contributed by atoms with E-state index in [1.54, 1.807) is 18.2 Å². The van der Waals surface area contributed by atoms with Gasteiger partial charge in [0.05, 0.1) is 19.8 Å². The summed E-state index contributed by atoms with van der Waals surface area (Å²) in [5.74, 6) is 0.712. The molecule has 0 aromatic heterocycles. The normalized spacial score (nSPS) is 16.7.